The fourth-order valence-corrected chi connectivity index (χ4v) is 2.45. The summed E-state index contributed by atoms with van der Waals surface area (Å²) >= 11 is 0. The molecule has 0 fully saturated rings. The first-order valence-electron chi connectivity index (χ1n) is 8.02. The summed E-state index contributed by atoms with van der Waals surface area (Å²) < 4.78 is 5.12. The van der Waals surface area contributed by atoms with Gasteiger partial charge in [0, 0.05) is 26.6 Å². The SMILES string of the molecule is COCCN(CCCN(C)C)C(=O)C[C@@H](CN)CC(C)C. The molecule has 0 aliphatic heterocycles. The lowest BCUT2D eigenvalue weighted by Gasteiger charge is -2.26. The number of hydrogen-bond donors (Lipinski definition) is 1. The first kappa shape index (κ1) is 20.3. The summed E-state index contributed by atoms with van der Waals surface area (Å²) in [6.45, 7) is 7.97. The van der Waals surface area contributed by atoms with Crippen molar-refractivity contribution in [2.24, 2.45) is 17.6 Å². The van der Waals surface area contributed by atoms with E-state index in [1.807, 2.05) is 4.90 Å². The van der Waals surface area contributed by atoms with E-state index in [4.69, 9.17) is 10.5 Å². The van der Waals surface area contributed by atoms with Crippen LogP contribution in [0.1, 0.15) is 33.1 Å². The molecule has 126 valence electrons. The van der Waals surface area contributed by atoms with Gasteiger partial charge < -0.3 is 20.3 Å². The molecule has 21 heavy (non-hydrogen) atoms. The molecular weight excluding hydrogens is 266 g/mol. The van der Waals surface area contributed by atoms with Crippen LogP contribution in [0.25, 0.3) is 0 Å². The van der Waals surface area contributed by atoms with Crippen molar-refractivity contribution in [3.05, 3.63) is 0 Å². The summed E-state index contributed by atoms with van der Waals surface area (Å²) in [7, 11) is 5.77. The molecule has 0 aliphatic rings. The van der Waals surface area contributed by atoms with Gasteiger partial charge in [-0.05, 0) is 51.9 Å². The highest BCUT2D eigenvalue weighted by molar-refractivity contribution is 5.76. The maximum absolute atomic E-state index is 12.5. The molecule has 0 saturated heterocycles. The number of methoxy groups -OCH3 is 1. The average Bonchev–Trinajstić information content (AvgIpc) is 2.40. The zero-order valence-corrected chi connectivity index (χ0v) is 14.6. The van der Waals surface area contributed by atoms with E-state index in [1.165, 1.54) is 0 Å². The van der Waals surface area contributed by atoms with Crippen LogP contribution in [-0.2, 0) is 9.53 Å². The van der Waals surface area contributed by atoms with E-state index in [1.54, 1.807) is 7.11 Å². The monoisotopic (exact) mass is 301 g/mol. The molecule has 2 N–H and O–H groups in total. The molecule has 0 unspecified atom stereocenters. The Morgan fingerprint density at radius 2 is 1.86 bits per heavy atom. The number of ether oxygens (including phenoxy) is 1. The smallest absolute Gasteiger partial charge is 0.222 e. The molecule has 5 heteroatoms. The predicted molar refractivity (Wildman–Crippen MR) is 88.2 cm³/mol. The fourth-order valence-electron chi connectivity index (χ4n) is 2.45. The van der Waals surface area contributed by atoms with Crippen molar-refractivity contribution < 1.29 is 9.53 Å². The van der Waals surface area contributed by atoms with Gasteiger partial charge in [0.1, 0.15) is 0 Å². The molecular formula is C16H35N3O2. The fraction of sp³-hybridized carbons (Fsp3) is 0.938. The third-order valence-corrected chi connectivity index (χ3v) is 3.55. The molecule has 0 saturated carbocycles. The van der Waals surface area contributed by atoms with Gasteiger partial charge >= 0.3 is 0 Å². The maximum atomic E-state index is 12.5. The van der Waals surface area contributed by atoms with Crippen molar-refractivity contribution >= 4 is 5.91 Å². The largest absolute Gasteiger partial charge is 0.383 e. The molecule has 0 aromatic rings. The van der Waals surface area contributed by atoms with E-state index >= 15 is 0 Å². The molecule has 5 nitrogen and oxygen atoms in total. The quantitative estimate of drug-likeness (QED) is 0.592. The van der Waals surface area contributed by atoms with E-state index in [0.29, 0.717) is 32.0 Å². The van der Waals surface area contributed by atoms with Gasteiger partial charge in [-0.2, -0.15) is 0 Å². The normalized spacial score (nSPS) is 13.0. The van der Waals surface area contributed by atoms with Gasteiger partial charge in [-0.1, -0.05) is 13.8 Å². The minimum atomic E-state index is 0.210. The van der Waals surface area contributed by atoms with Crippen molar-refractivity contribution in [3.8, 4) is 0 Å². The Labute approximate surface area is 130 Å². The number of nitrogens with zero attached hydrogens (tertiary/aromatic N) is 2. The maximum Gasteiger partial charge on any atom is 0.222 e. The second-order valence-electron chi connectivity index (χ2n) is 6.47. The number of carbonyl (C=O) groups is 1. The summed E-state index contributed by atoms with van der Waals surface area (Å²) in [5, 5.41) is 0. The van der Waals surface area contributed by atoms with E-state index in [-0.39, 0.29) is 11.8 Å². The van der Waals surface area contributed by atoms with Crippen LogP contribution in [0.2, 0.25) is 0 Å². The van der Waals surface area contributed by atoms with Crippen LogP contribution in [0.3, 0.4) is 0 Å². The van der Waals surface area contributed by atoms with E-state index < -0.39 is 0 Å². The third kappa shape index (κ3) is 10.7. The van der Waals surface area contributed by atoms with Crippen LogP contribution in [0.4, 0.5) is 0 Å². The molecule has 0 bridgehead atoms. The van der Waals surface area contributed by atoms with E-state index in [2.05, 4.69) is 32.8 Å². The Hall–Kier alpha value is -0.650. The van der Waals surface area contributed by atoms with Gasteiger partial charge in [-0.3, -0.25) is 4.79 Å². The number of carbonyl (C=O) groups excluding carboxylic acids is 1. The van der Waals surface area contributed by atoms with E-state index in [0.717, 1.165) is 25.9 Å². The van der Waals surface area contributed by atoms with Crippen LogP contribution < -0.4 is 5.73 Å². The molecule has 0 aromatic carbocycles. The lowest BCUT2D eigenvalue weighted by atomic mass is 9.93. The predicted octanol–water partition coefficient (Wildman–Crippen LogP) is 1.42. The number of nitrogens with two attached hydrogens (primary N) is 1. The van der Waals surface area contributed by atoms with Crippen molar-refractivity contribution in [3.63, 3.8) is 0 Å². The summed E-state index contributed by atoms with van der Waals surface area (Å²) in [5.74, 6) is 1.07. The number of hydrogen-bond acceptors (Lipinski definition) is 4. The molecule has 1 amide bonds. The summed E-state index contributed by atoms with van der Waals surface area (Å²) in [6.07, 6.45) is 2.55. The Kier molecular flexibility index (Phi) is 11.6. The topological polar surface area (TPSA) is 58.8 Å². The highest BCUT2D eigenvalue weighted by Crippen LogP contribution is 2.15. The molecule has 0 spiro atoms. The minimum absolute atomic E-state index is 0.210. The lowest BCUT2D eigenvalue weighted by Crippen LogP contribution is -2.37. The summed E-state index contributed by atoms with van der Waals surface area (Å²) in [5.41, 5.74) is 5.81. The van der Waals surface area contributed by atoms with Crippen LogP contribution in [0.15, 0.2) is 0 Å². The molecule has 0 aromatic heterocycles. The molecule has 0 aliphatic carbocycles. The van der Waals surface area contributed by atoms with Crippen molar-refractivity contribution in [2.75, 3.05) is 54.0 Å². The van der Waals surface area contributed by atoms with E-state index in [9.17, 15) is 4.79 Å². The van der Waals surface area contributed by atoms with Gasteiger partial charge in [0.15, 0.2) is 0 Å². The number of amides is 1. The molecule has 0 heterocycles. The first-order chi connectivity index (χ1) is 9.90. The molecule has 1 atom stereocenters. The van der Waals surface area contributed by atoms with Crippen LogP contribution in [0, 0.1) is 11.8 Å². The minimum Gasteiger partial charge on any atom is -0.383 e. The van der Waals surface area contributed by atoms with Crippen LogP contribution in [0.5, 0.6) is 0 Å². The molecule has 0 rings (SSSR count). The van der Waals surface area contributed by atoms with Crippen molar-refractivity contribution in [2.45, 2.75) is 33.1 Å². The highest BCUT2D eigenvalue weighted by atomic mass is 16.5. The zero-order chi connectivity index (χ0) is 16.3. The third-order valence-electron chi connectivity index (χ3n) is 3.55. The Bertz CT molecular complexity index is 270. The van der Waals surface area contributed by atoms with Crippen LogP contribution >= 0.6 is 0 Å². The van der Waals surface area contributed by atoms with Crippen molar-refractivity contribution in [1.82, 2.24) is 9.80 Å². The van der Waals surface area contributed by atoms with Gasteiger partial charge in [0.05, 0.1) is 6.61 Å². The van der Waals surface area contributed by atoms with Gasteiger partial charge in [0.25, 0.3) is 0 Å². The Morgan fingerprint density at radius 1 is 1.19 bits per heavy atom. The highest BCUT2D eigenvalue weighted by Gasteiger charge is 2.19. The van der Waals surface area contributed by atoms with Gasteiger partial charge in [-0.25, -0.2) is 0 Å². The zero-order valence-electron chi connectivity index (χ0n) is 14.6. The standard InChI is InChI=1S/C16H35N3O2/c1-14(2)11-15(13-17)12-16(20)19(9-10-21-5)8-6-7-18(3)4/h14-15H,6-13,17H2,1-5H3/t15-/m0/s1. The Morgan fingerprint density at radius 3 is 2.33 bits per heavy atom. The Balaban J connectivity index is 4.39. The van der Waals surface area contributed by atoms with Crippen molar-refractivity contribution in [1.29, 1.82) is 0 Å². The summed E-state index contributed by atoms with van der Waals surface area (Å²) in [4.78, 5) is 16.5. The second kappa shape index (κ2) is 12.0. The number of rotatable bonds is 12. The second-order valence-corrected chi connectivity index (χ2v) is 6.47. The van der Waals surface area contributed by atoms with Gasteiger partial charge in [-0.15, -0.1) is 0 Å². The van der Waals surface area contributed by atoms with Gasteiger partial charge in [0.2, 0.25) is 5.91 Å². The summed E-state index contributed by atoms with van der Waals surface area (Å²) in [6, 6.07) is 0. The molecule has 0 radical (unpaired) electrons. The first-order valence-corrected chi connectivity index (χ1v) is 8.02. The average molecular weight is 301 g/mol. The van der Waals surface area contributed by atoms with Crippen LogP contribution in [-0.4, -0.2) is 69.7 Å². The lowest BCUT2D eigenvalue weighted by molar-refractivity contribution is -0.133.